The summed E-state index contributed by atoms with van der Waals surface area (Å²) in [5.41, 5.74) is 1.32. The second-order valence-electron chi connectivity index (χ2n) is 6.82. The van der Waals surface area contributed by atoms with Crippen molar-refractivity contribution in [2.75, 3.05) is 13.2 Å². The molecule has 3 rings (SSSR count). The van der Waals surface area contributed by atoms with Gasteiger partial charge in [0.15, 0.2) is 12.4 Å². The first-order chi connectivity index (χ1) is 14.4. The predicted octanol–water partition coefficient (Wildman–Crippen LogP) is 1.14. The monoisotopic (exact) mass is 408 g/mol. The van der Waals surface area contributed by atoms with Gasteiger partial charge in [-0.1, -0.05) is 42.5 Å². The highest BCUT2D eigenvalue weighted by Crippen LogP contribution is 2.22. The summed E-state index contributed by atoms with van der Waals surface area (Å²) < 4.78 is 4.88. The van der Waals surface area contributed by atoms with E-state index in [9.17, 15) is 24.0 Å². The first-order valence-electron chi connectivity index (χ1n) is 9.31. The Morgan fingerprint density at radius 3 is 2.07 bits per heavy atom. The van der Waals surface area contributed by atoms with E-state index in [1.807, 2.05) is 30.3 Å². The van der Waals surface area contributed by atoms with E-state index < -0.39 is 42.9 Å². The Morgan fingerprint density at radius 2 is 1.50 bits per heavy atom. The van der Waals surface area contributed by atoms with Crippen LogP contribution in [0.4, 0.5) is 0 Å². The molecular formula is C22H20N2O6. The maximum atomic E-state index is 12.3. The fourth-order valence-electron chi connectivity index (χ4n) is 3.09. The van der Waals surface area contributed by atoms with Crippen LogP contribution in [0.2, 0.25) is 0 Å². The van der Waals surface area contributed by atoms with Gasteiger partial charge in [0.25, 0.3) is 17.7 Å². The third-order valence-electron chi connectivity index (χ3n) is 4.64. The van der Waals surface area contributed by atoms with Gasteiger partial charge in [-0.25, -0.2) is 0 Å². The molecule has 3 amide bonds. The summed E-state index contributed by atoms with van der Waals surface area (Å²) in [5.74, 6) is -2.96. The van der Waals surface area contributed by atoms with Gasteiger partial charge in [0.05, 0.1) is 17.2 Å². The molecule has 0 radical (unpaired) electrons. The van der Waals surface area contributed by atoms with Crippen LogP contribution in [0, 0.1) is 0 Å². The number of fused-ring (bicyclic) bond motifs is 1. The highest BCUT2D eigenvalue weighted by Gasteiger charge is 2.36. The van der Waals surface area contributed by atoms with Gasteiger partial charge in [0.1, 0.15) is 6.54 Å². The quantitative estimate of drug-likeness (QED) is 0.518. The number of nitrogens with one attached hydrogen (secondary N) is 1. The zero-order chi connectivity index (χ0) is 21.7. The van der Waals surface area contributed by atoms with Crippen molar-refractivity contribution in [1.29, 1.82) is 0 Å². The molecule has 1 aliphatic heterocycles. The Hall–Kier alpha value is -3.81. The van der Waals surface area contributed by atoms with E-state index in [-0.39, 0.29) is 16.9 Å². The van der Waals surface area contributed by atoms with Crippen LogP contribution in [0.1, 0.15) is 33.2 Å². The number of nitrogens with zero attached hydrogens (tertiary/aromatic N) is 1. The second-order valence-corrected chi connectivity index (χ2v) is 6.82. The number of benzene rings is 2. The first kappa shape index (κ1) is 20.9. The molecule has 1 atom stereocenters. The topological polar surface area (TPSA) is 110 Å². The summed E-state index contributed by atoms with van der Waals surface area (Å²) in [4.78, 5) is 61.3. The average molecular weight is 408 g/mol. The molecule has 0 unspecified atom stereocenters. The lowest BCUT2D eigenvalue weighted by atomic mass is 10.0. The number of ketones is 1. The Kier molecular flexibility index (Phi) is 6.36. The number of ether oxygens (including phenoxy) is 1. The van der Waals surface area contributed by atoms with Gasteiger partial charge in [-0.15, -0.1) is 0 Å². The number of imide groups is 1. The summed E-state index contributed by atoms with van der Waals surface area (Å²) in [6, 6.07) is 14.7. The molecular weight excluding hydrogens is 388 g/mol. The van der Waals surface area contributed by atoms with E-state index in [0.29, 0.717) is 6.42 Å². The van der Waals surface area contributed by atoms with E-state index in [1.54, 1.807) is 12.1 Å². The van der Waals surface area contributed by atoms with E-state index in [2.05, 4.69) is 5.32 Å². The molecule has 2 aromatic rings. The Morgan fingerprint density at radius 1 is 0.933 bits per heavy atom. The van der Waals surface area contributed by atoms with Crippen molar-refractivity contribution in [3.8, 4) is 0 Å². The number of esters is 1. The molecule has 0 aliphatic carbocycles. The molecule has 0 saturated heterocycles. The molecule has 1 heterocycles. The van der Waals surface area contributed by atoms with Crippen LogP contribution in [0.3, 0.4) is 0 Å². The summed E-state index contributed by atoms with van der Waals surface area (Å²) in [6.45, 7) is 0.141. The minimum atomic E-state index is -0.901. The molecule has 0 spiro atoms. The van der Waals surface area contributed by atoms with Crippen LogP contribution in [0.5, 0.6) is 0 Å². The van der Waals surface area contributed by atoms with Crippen molar-refractivity contribution in [2.45, 2.75) is 19.4 Å². The smallest absolute Gasteiger partial charge is 0.326 e. The van der Waals surface area contributed by atoms with Gasteiger partial charge in [-0.2, -0.15) is 0 Å². The number of hydrogen-bond donors (Lipinski definition) is 1. The van der Waals surface area contributed by atoms with E-state index in [1.165, 1.54) is 19.1 Å². The van der Waals surface area contributed by atoms with E-state index >= 15 is 0 Å². The van der Waals surface area contributed by atoms with Crippen LogP contribution >= 0.6 is 0 Å². The van der Waals surface area contributed by atoms with Crippen molar-refractivity contribution in [1.82, 2.24) is 10.2 Å². The fourth-order valence-corrected chi connectivity index (χ4v) is 3.09. The summed E-state index contributed by atoms with van der Waals surface area (Å²) in [5, 5.41) is 2.53. The largest absolute Gasteiger partial charge is 0.454 e. The Bertz CT molecular complexity index is 967. The van der Waals surface area contributed by atoms with Crippen LogP contribution in [0.25, 0.3) is 0 Å². The SMILES string of the molecule is CC(=O)[C@H](Cc1ccccc1)NC(=O)COC(=O)CN1C(=O)c2ccccc2C1=O. The van der Waals surface area contributed by atoms with Gasteiger partial charge in [0, 0.05) is 0 Å². The third-order valence-corrected chi connectivity index (χ3v) is 4.64. The van der Waals surface area contributed by atoms with E-state index in [0.717, 1.165) is 10.5 Å². The molecule has 0 aromatic heterocycles. The zero-order valence-electron chi connectivity index (χ0n) is 16.3. The minimum Gasteiger partial charge on any atom is -0.454 e. The van der Waals surface area contributed by atoms with Gasteiger partial charge >= 0.3 is 5.97 Å². The van der Waals surface area contributed by atoms with Crippen molar-refractivity contribution < 1.29 is 28.7 Å². The van der Waals surface area contributed by atoms with Gasteiger partial charge in [-0.05, 0) is 31.0 Å². The summed E-state index contributed by atoms with van der Waals surface area (Å²) in [7, 11) is 0. The highest BCUT2D eigenvalue weighted by atomic mass is 16.5. The van der Waals surface area contributed by atoms with E-state index in [4.69, 9.17) is 4.74 Å². The van der Waals surface area contributed by atoms with Gasteiger partial charge in [0.2, 0.25) is 0 Å². The number of amides is 3. The molecule has 1 N–H and O–H groups in total. The second kappa shape index (κ2) is 9.13. The van der Waals surface area contributed by atoms with Gasteiger partial charge < -0.3 is 10.1 Å². The van der Waals surface area contributed by atoms with Gasteiger partial charge in [-0.3, -0.25) is 28.9 Å². The fraction of sp³-hybridized carbons (Fsp3) is 0.227. The first-order valence-corrected chi connectivity index (χ1v) is 9.31. The lowest BCUT2D eigenvalue weighted by Gasteiger charge is -2.17. The molecule has 154 valence electrons. The third kappa shape index (κ3) is 4.78. The lowest BCUT2D eigenvalue weighted by molar-refractivity contribution is -0.149. The van der Waals surface area contributed by atoms with Crippen molar-refractivity contribution >= 4 is 29.5 Å². The number of hydrogen-bond acceptors (Lipinski definition) is 6. The van der Waals surface area contributed by atoms with Crippen LogP contribution in [0.15, 0.2) is 54.6 Å². The molecule has 30 heavy (non-hydrogen) atoms. The number of carbonyl (C=O) groups excluding carboxylic acids is 5. The number of Topliss-reactive ketones (excluding diaryl/α,β-unsaturated/α-hetero) is 1. The minimum absolute atomic E-state index is 0.221. The molecule has 1 aliphatic rings. The Balaban J connectivity index is 1.51. The van der Waals surface area contributed by atoms with Crippen molar-refractivity contribution in [3.63, 3.8) is 0 Å². The maximum Gasteiger partial charge on any atom is 0.326 e. The number of carbonyl (C=O) groups is 5. The maximum absolute atomic E-state index is 12.3. The molecule has 0 fully saturated rings. The van der Waals surface area contributed by atoms with Crippen molar-refractivity contribution in [3.05, 3.63) is 71.3 Å². The molecule has 8 heteroatoms. The Labute approximate surface area is 172 Å². The molecule has 8 nitrogen and oxygen atoms in total. The zero-order valence-corrected chi connectivity index (χ0v) is 16.3. The molecule has 2 aromatic carbocycles. The molecule has 0 bridgehead atoms. The lowest BCUT2D eigenvalue weighted by Crippen LogP contribution is -2.44. The summed E-state index contributed by atoms with van der Waals surface area (Å²) >= 11 is 0. The standard InChI is InChI=1S/C22H20N2O6/c1-14(25)18(11-15-7-3-2-4-8-15)23-19(26)13-30-20(27)12-24-21(28)16-9-5-6-10-17(16)22(24)29/h2-10,18H,11-13H2,1H3,(H,23,26)/t18-/m0/s1. The van der Waals surface area contributed by atoms with Crippen molar-refractivity contribution in [2.24, 2.45) is 0 Å². The summed E-state index contributed by atoms with van der Waals surface area (Å²) in [6.07, 6.45) is 0.310. The predicted molar refractivity (Wildman–Crippen MR) is 106 cm³/mol. The normalized spacial score (nSPS) is 13.6. The van der Waals surface area contributed by atoms with Crippen LogP contribution < -0.4 is 5.32 Å². The van der Waals surface area contributed by atoms with Crippen LogP contribution in [-0.4, -0.2) is 53.6 Å². The van der Waals surface area contributed by atoms with Crippen LogP contribution in [-0.2, 0) is 25.5 Å². The number of rotatable bonds is 8. The average Bonchev–Trinajstić information content (AvgIpc) is 2.97. The molecule has 0 saturated carbocycles. The highest BCUT2D eigenvalue weighted by molar-refractivity contribution is 6.22.